The lowest BCUT2D eigenvalue weighted by atomic mass is 10.1. The van der Waals surface area contributed by atoms with E-state index in [0.717, 1.165) is 63.4 Å². The molecule has 1 atom stereocenters. The van der Waals surface area contributed by atoms with Crippen molar-refractivity contribution in [2.75, 3.05) is 19.6 Å². The van der Waals surface area contributed by atoms with E-state index in [1.165, 1.54) is 24.1 Å². The zero-order valence-electron chi connectivity index (χ0n) is 18.6. The second-order valence-electron chi connectivity index (χ2n) is 8.29. The quantitative estimate of drug-likeness (QED) is 0.542. The molecular formula is C22H38N6O. The number of nitrogens with one attached hydrogen (secondary N) is 2. The van der Waals surface area contributed by atoms with Crippen LogP contribution in [0.4, 0.5) is 0 Å². The van der Waals surface area contributed by atoms with E-state index in [2.05, 4.69) is 41.4 Å². The molecule has 2 heterocycles. The third-order valence-corrected chi connectivity index (χ3v) is 6.31. The van der Waals surface area contributed by atoms with Gasteiger partial charge in [0.15, 0.2) is 5.96 Å². The number of likely N-dealkylation sites (tertiary alicyclic amines) is 1. The third kappa shape index (κ3) is 5.11. The molecule has 1 amide bonds. The Morgan fingerprint density at radius 2 is 1.93 bits per heavy atom. The molecule has 0 aromatic carbocycles. The number of guanidine groups is 1. The molecule has 1 aromatic rings. The lowest BCUT2D eigenvalue weighted by molar-refractivity contribution is -0.134. The Balaban J connectivity index is 1.62. The van der Waals surface area contributed by atoms with Crippen molar-refractivity contribution < 1.29 is 4.79 Å². The number of aryl methyl sites for hydroxylation is 2. The lowest BCUT2D eigenvalue weighted by Crippen LogP contribution is -2.45. The van der Waals surface area contributed by atoms with Gasteiger partial charge in [0.1, 0.15) is 0 Å². The molecule has 2 fully saturated rings. The summed E-state index contributed by atoms with van der Waals surface area (Å²) in [6.07, 6.45) is 7.41. The minimum absolute atomic E-state index is 0.265. The number of amides is 1. The molecule has 0 radical (unpaired) electrons. The van der Waals surface area contributed by atoms with Crippen LogP contribution >= 0.6 is 0 Å². The van der Waals surface area contributed by atoms with Gasteiger partial charge < -0.3 is 15.5 Å². The number of nitrogens with zero attached hydrogens (tertiary/aromatic N) is 4. The van der Waals surface area contributed by atoms with Crippen LogP contribution in [0.15, 0.2) is 4.99 Å². The second kappa shape index (κ2) is 10.1. The van der Waals surface area contributed by atoms with Crippen molar-refractivity contribution in [1.82, 2.24) is 25.3 Å². The number of aliphatic imine (C=N–C) groups is 1. The Morgan fingerprint density at radius 3 is 2.59 bits per heavy atom. The fourth-order valence-corrected chi connectivity index (χ4v) is 4.75. The second-order valence-corrected chi connectivity index (χ2v) is 8.29. The monoisotopic (exact) mass is 402 g/mol. The van der Waals surface area contributed by atoms with Crippen LogP contribution in [0, 0.1) is 5.92 Å². The van der Waals surface area contributed by atoms with E-state index in [9.17, 15) is 4.79 Å². The molecule has 162 valence electrons. The van der Waals surface area contributed by atoms with Gasteiger partial charge in [-0.3, -0.25) is 9.48 Å². The number of rotatable bonds is 7. The molecule has 1 saturated heterocycles. The SMILES string of the molecule is CCNC(=NCc1c(CC)nn(C)c1CC)NC1CCN(C(=O)C2CCCC2)C1. The van der Waals surface area contributed by atoms with Crippen molar-refractivity contribution in [3.05, 3.63) is 17.0 Å². The van der Waals surface area contributed by atoms with Crippen LogP contribution in [0.25, 0.3) is 0 Å². The maximum Gasteiger partial charge on any atom is 0.225 e. The highest BCUT2D eigenvalue weighted by Crippen LogP contribution is 2.27. The van der Waals surface area contributed by atoms with Gasteiger partial charge in [-0.2, -0.15) is 5.10 Å². The first-order valence-corrected chi connectivity index (χ1v) is 11.4. The first-order valence-electron chi connectivity index (χ1n) is 11.4. The molecule has 2 aliphatic rings. The van der Waals surface area contributed by atoms with Crippen molar-refractivity contribution in [3.8, 4) is 0 Å². The maximum absolute atomic E-state index is 12.7. The molecule has 2 N–H and O–H groups in total. The first kappa shape index (κ1) is 21.7. The van der Waals surface area contributed by atoms with Gasteiger partial charge in [0.25, 0.3) is 0 Å². The van der Waals surface area contributed by atoms with E-state index in [-0.39, 0.29) is 12.0 Å². The van der Waals surface area contributed by atoms with E-state index < -0.39 is 0 Å². The summed E-state index contributed by atoms with van der Waals surface area (Å²) >= 11 is 0. The normalized spacial score (nSPS) is 20.5. The van der Waals surface area contributed by atoms with Gasteiger partial charge in [-0.15, -0.1) is 0 Å². The molecular weight excluding hydrogens is 364 g/mol. The van der Waals surface area contributed by atoms with E-state index in [1.54, 1.807) is 0 Å². The van der Waals surface area contributed by atoms with Crippen LogP contribution in [0.2, 0.25) is 0 Å². The van der Waals surface area contributed by atoms with Gasteiger partial charge in [0.2, 0.25) is 5.91 Å². The average Bonchev–Trinajstić information content (AvgIpc) is 3.46. The Hall–Kier alpha value is -2.05. The first-order chi connectivity index (χ1) is 14.1. The number of hydrogen-bond acceptors (Lipinski definition) is 3. The average molecular weight is 403 g/mol. The van der Waals surface area contributed by atoms with Crippen molar-refractivity contribution in [2.24, 2.45) is 18.0 Å². The van der Waals surface area contributed by atoms with Crippen molar-refractivity contribution in [2.45, 2.75) is 78.3 Å². The summed E-state index contributed by atoms with van der Waals surface area (Å²) in [5.41, 5.74) is 3.65. The van der Waals surface area contributed by atoms with Crippen LogP contribution in [0.5, 0.6) is 0 Å². The van der Waals surface area contributed by atoms with Crippen LogP contribution in [0.3, 0.4) is 0 Å². The number of carbonyl (C=O) groups is 1. The molecule has 3 rings (SSSR count). The summed E-state index contributed by atoms with van der Waals surface area (Å²) in [5.74, 6) is 1.46. The Kier molecular flexibility index (Phi) is 7.56. The highest BCUT2D eigenvalue weighted by atomic mass is 16.2. The molecule has 1 saturated carbocycles. The molecule has 1 aliphatic heterocycles. The van der Waals surface area contributed by atoms with Crippen LogP contribution < -0.4 is 10.6 Å². The fraction of sp³-hybridized carbons (Fsp3) is 0.773. The zero-order chi connectivity index (χ0) is 20.8. The van der Waals surface area contributed by atoms with Crippen molar-refractivity contribution in [3.63, 3.8) is 0 Å². The third-order valence-electron chi connectivity index (χ3n) is 6.31. The topological polar surface area (TPSA) is 74.6 Å². The van der Waals surface area contributed by atoms with E-state index >= 15 is 0 Å². The van der Waals surface area contributed by atoms with Gasteiger partial charge in [0, 0.05) is 49.9 Å². The smallest absolute Gasteiger partial charge is 0.225 e. The Labute approximate surface area is 175 Å². The standard InChI is InChI=1S/C22H38N6O/c1-5-19-18(20(6-2)27(4)26-19)14-24-22(23-7-3)25-17-12-13-28(15-17)21(29)16-10-8-9-11-16/h16-17H,5-15H2,1-4H3,(H2,23,24,25). The van der Waals surface area contributed by atoms with E-state index in [1.807, 2.05) is 11.7 Å². The summed E-state index contributed by atoms with van der Waals surface area (Å²) in [7, 11) is 2.02. The van der Waals surface area contributed by atoms with E-state index in [4.69, 9.17) is 4.99 Å². The largest absolute Gasteiger partial charge is 0.357 e. The minimum Gasteiger partial charge on any atom is -0.357 e. The Morgan fingerprint density at radius 1 is 1.17 bits per heavy atom. The van der Waals surface area contributed by atoms with Gasteiger partial charge in [-0.05, 0) is 39.0 Å². The molecule has 1 aliphatic carbocycles. The van der Waals surface area contributed by atoms with Crippen LogP contribution in [0.1, 0.15) is 69.8 Å². The summed E-state index contributed by atoms with van der Waals surface area (Å²) in [5, 5.41) is 11.6. The molecule has 7 nitrogen and oxygen atoms in total. The predicted octanol–water partition coefficient (Wildman–Crippen LogP) is 2.39. The highest BCUT2D eigenvalue weighted by molar-refractivity contribution is 5.81. The van der Waals surface area contributed by atoms with Gasteiger partial charge in [-0.1, -0.05) is 26.7 Å². The summed E-state index contributed by atoms with van der Waals surface area (Å²) in [4.78, 5) is 19.6. The molecule has 0 spiro atoms. The number of hydrogen-bond donors (Lipinski definition) is 2. The fourth-order valence-electron chi connectivity index (χ4n) is 4.75. The summed E-state index contributed by atoms with van der Waals surface area (Å²) in [6.45, 7) is 9.49. The van der Waals surface area contributed by atoms with Gasteiger partial charge in [-0.25, -0.2) is 4.99 Å². The maximum atomic E-state index is 12.7. The van der Waals surface area contributed by atoms with Crippen molar-refractivity contribution >= 4 is 11.9 Å². The Bertz CT molecular complexity index is 719. The van der Waals surface area contributed by atoms with E-state index in [0.29, 0.717) is 12.5 Å². The predicted molar refractivity (Wildman–Crippen MR) is 117 cm³/mol. The van der Waals surface area contributed by atoms with Crippen molar-refractivity contribution in [1.29, 1.82) is 0 Å². The zero-order valence-corrected chi connectivity index (χ0v) is 18.6. The highest BCUT2D eigenvalue weighted by Gasteiger charge is 2.32. The molecule has 7 heteroatoms. The molecule has 1 aromatic heterocycles. The van der Waals surface area contributed by atoms with Crippen LogP contribution in [-0.2, 0) is 31.2 Å². The lowest BCUT2D eigenvalue weighted by Gasteiger charge is -2.21. The summed E-state index contributed by atoms with van der Waals surface area (Å²) in [6, 6.07) is 0.267. The summed E-state index contributed by atoms with van der Waals surface area (Å²) < 4.78 is 1.99. The molecule has 29 heavy (non-hydrogen) atoms. The number of aromatic nitrogens is 2. The van der Waals surface area contributed by atoms with Gasteiger partial charge in [0.05, 0.1) is 12.2 Å². The molecule has 1 unspecified atom stereocenters. The minimum atomic E-state index is 0.265. The van der Waals surface area contributed by atoms with Crippen LogP contribution in [-0.4, -0.2) is 52.2 Å². The molecule has 0 bridgehead atoms. The number of carbonyl (C=O) groups excluding carboxylic acids is 1. The van der Waals surface area contributed by atoms with Gasteiger partial charge >= 0.3 is 0 Å².